The number of rotatable bonds is 6. The second-order valence-electron chi connectivity index (χ2n) is 10.2. The van der Waals surface area contributed by atoms with Gasteiger partial charge in [0.25, 0.3) is 0 Å². The first-order chi connectivity index (χ1) is 17.1. The molecule has 7 heteroatoms. The molecule has 1 heterocycles. The molecular weight excluding hydrogens is 515 g/mol. The monoisotopic (exact) mass is 544 g/mol. The third-order valence-corrected chi connectivity index (χ3v) is 7.33. The largest absolute Gasteiger partial charge is 0.415 e. The zero-order valence-electron chi connectivity index (χ0n) is 20.8. The van der Waals surface area contributed by atoms with Crippen molar-refractivity contribution in [1.82, 2.24) is 4.90 Å². The van der Waals surface area contributed by atoms with Crippen LogP contribution in [0, 0.1) is 0 Å². The van der Waals surface area contributed by atoms with Crippen LogP contribution >= 0.6 is 34.8 Å². The van der Waals surface area contributed by atoms with Crippen molar-refractivity contribution < 1.29 is 9.53 Å². The molecular formula is C29H31Cl3N2O2. The molecule has 0 aliphatic carbocycles. The van der Waals surface area contributed by atoms with Gasteiger partial charge < -0.3 is 15.0 Å². The van der Waals surface area contributed by atoms with Gasteiger partial charge in [0, 0.05) is 30.7 Å². The highest BCUT2D eigenvalue weighted by Crippen LogP contribution is 2.36. The lowest BCUT2D eigenvalue weighted by molar-refractivity contribution is 0.150. The second-order valence-corrected chi connectivity index (χ2v) is 11.5. The molecule has 0 atom stereocenters. The number of benzene rings is 3. The van der Waals surface area contributed by atoms with Crippen molar-refractivity contribution >= 4 is 46.6 Å². The van der Waals surface area contributed by atoms with Gasteiger partial charge in [0.05, 0.1) is 15.7 Å². The summed E-state index contributed by atoms with van der Waals surface area (Å²) < 4.78 is 5.93. The standard InChI is InChI=1S/C29H31Cl3N2O2/c1-29(2,3)22-9-6-20(7-10-22)18-34(14-12-19-8-11-24(31)25(32)15-19)28(35)36-26-17-23(30)16-21-5-4-13-33-27(21)26/h6-11,15-17,33H,4-5,12-14,18H2,1-3H3. The van der Waals surface area contributed by atoms with Gasteiger partial charge in [0.2, 0.25) is 0 Å². The third kappa shape index (κ3) is 6.67. The van der Waals surface area contributed by atoms with E-state index in [0.717, 1.165) is 41.8 Å². The van der Waals surface area contributed by atoms with E-state index in [0.29, 0.717) is 40.3 Å². The zero-order valence-corrected chi connectivity index (χ0v) is 23.1. The van der Waals surface area contributed by atoms with E-state index in [-0.39, 0.29) is 5.41 Å². The van der Waals surface area contributed by atoms with Gasteiger partial charge in [-0.05, 0) is 65.1 Å². The molecule has 0 aromatic heterocycles. The first-order valence-corrected chi connectivity index (χ1v) is 13.3. The van der Waals surface area contributed by atoms with E-state index in [1.54, 1.807) is 17.0 Å². The molecule has 0 radical (unpaired) electrons. The van der Waals surface area contributed by atoms with Crippen molar-refractivity contribution in [2.75, 3.05) is 18.4 Å². The summed E-state index contributed by atoms with van der Waals surface area (Å²) in [6.45, 7) is 8.25. The molecule has 0 spiro atoms. The number of amides is 1. The molecule has 190 valence electrons. The van der Waals surface area contributed by atoms with E-state index in [1.807, 2.05) is 18.2 Å². The number of carbonyl (C=O) groups is 1. The number of fused-ring (bicyclic) bond motifs is 1. The first-order valence-electron chi connectivity index (χ1n) is 12.2. The van der Waals surface area contributed by atoms with E-state index < -0.39 is 6.09 Å². The maximum atomic E-state index is 13.5. The number of hydrogen-bond donors (Lipinski definition) is 1. The highest BCUT2D eigenvalue weighted by atomic mass is 35.5. The van der Waals surface area contributed by atoms with Crippen LogP contribution in [0.1, 0.15) is 49.4 Å². The van der Waals surface area contributed by atoms with E-state index in [9.17, 15) is 4.79 Å². The Hall–Kier alpha value is -2.40. The zero-order chi connectivity index (χ0) is 25.9. The van der Waals surface area contributed by atoms with Crippen LogP contribution in [0.2, 0.25) is 15.1 Å². The third-order valence-electron chi connectivity index (χ3n) is 6.38. The van der Waals surface area contributed by atoms with Crippen molar-refractivity contribution in [2.24, 2.45) is 0 Å². The minimum Gasteiger partial charge on any atom is -0.408 e. The summed E-state index contributed by atoms with van der Waals surface area (Å²) in [6, 6.07) is 17.5. The van der Waals surface area contributed by atoms with Gasteiger partial charge in [-0.3, -0.25) is 0 Å². The van der Waals surface area contributed by atoms with Crippen molar-refractivity contribution in [2.45, 2.75) is 52.0 Å². The Kier molecular flexibility index (Phi) is 8.39. The first kappa shape index (κ1) is 26.7. The van der Waals surface area contributed by atoms with Crippen LogP contribution in [-0.4, -0.2) is 24.1 Å². The molecule has 36 heavy (non-hydrogen) atoms. The fourth-order valence-corrected chi connectivity index (χ4v) is 4.84. The lowest BCUT2D eigenvalue weighted by Gasteiger charge is -2.26. The van der Waals surface area contributed by atoms with Crippen molar-refractivity contribution in [3.05, 3.63) is 91.9 Å². The van der Waals surface area contributed by atoms with E-state index in [2.05, 4.69) is 50.4 Å². The molecule has 0 saturated heterocycles. The van der Waals surface area contributed by atoms with Crippen LogP contribution in [-0.2, 0) is 24.8 Å². The van der Waals surface area contributed by atoms with Crippen molar-refractivity contribution in [1.29, 1.82) is 0 Å². The number of nitrogens with zero attached hydrogens (tertiary/aromatic N) is 1. The minimum absolute atomic E-state index is 0.0592. The Labute approximate surface area is 228 Å². The Morgan fingerprint density at radius 2 is 1.69 bits per heavy atom. The summed E-state index contributed by atoms with van der Waals surface area (Å²) in [5.74, 6) is 0.463. The Morgan fingerprint density at radius 1 is 0.972 bits per heavy atom. The van der Waals surface area contributed by atoms with Gasteiger partial charge in [-0.2, -0.15) is 0 Å². The number of carbonyl (C=O) groups excluding carboxylic acids is 1. The average molecular weight is 546 g/mol. The summed E-state index contributed by atoms with van der Waals surface area (Å²) in [6.07, 6.45) is 2.10. The van der Waals surface area contributed by atoms with E-state index >= 15 is 0 Å². The van der Waals surface area contributed by atoms with Crippen molar-refractivity contribution in [3.8, 4) is 5.75 Å². The van der Waals surface area contributed by atoms with Gasteiger partial charge in [0.1, 0.15) is 0 Å². The summed E-state index contributed by atoms with van der Waals surface area (Å²) in [4.78, 5) is 15.2. The molecule has 1 aliphatic rings. The van der Waals surface area contributed by atoms with Crippen LogP contribution in [0.15, 0.2) is 54.6 Å². The SMILES string of the molecule is CC(C)(C)c1ccc(CN(CCc2ccc(Cl)c(Cl)c2)C(=O)Oc2cc(Cl)cc3c2NCCC3)cc1. The molecule has 1 aliphatic heterocycles. The smallest absolute Gasteiger partial charge is 0.408 e. The van der Waals surface area contributed by atoms with Crippen molar-refractivity contribution in [3.63, 3.8) is 0 Å². The lowest BCUT2D eigenvalue weighted by atomic mass is 9.87. The minimum atomic E-state index is -0.424. The summed E-state index contributed by atoms with van der Waals surface area (Å²) in [7, 11) is 0. The normalized spacial score (nSPS) is 13.1. The van der Waals surface area contributed by atoms with Gasteiger partial charge in [0.15, 0.2) is 5.75 Å². The molecule has 4 nitrogen and oxygen atoms in total. The maximum Gasteiger partial charge on any atom is 0.415 e. The summed E-state index contributed by atoms with van der Waals surface area (Å²) >= 11 is 18.6. The number of aryl methyl sites for hydroxylation is 1. The second kappa shape index (κ2) is 11.3. The maximum absolute atomic E-state index is 13.5. The summed E-state index contributed by atoms with van der Waals surface area (Å²) in [5, 5.41) is 4.92. The van der Waals surface area contributed by atoms with Crippen LogP contribution in [0.3, 0.4) is 0 Å². The molecule has 1 amide bonds. The number of halogens is 3. The van der Waals surface area contributed by atoms with E-state index in [1.165, 1.54) is 5.56 Å². The predicted molar refractivity (Wildman–Crippen MR) is 150 cm³/mol. The number of ether oxygens (including phenoxy) is 1. The predicted octanol–water partition coefficient (Wildman–Crippen LogP) is 8.55. The topological polar surface area (TPSA) is 41.6 Å². The molecule has 3 aromatic carbocycles. The molecule has 0 fully saturated rings. The van der Waals surface area contributed by atoms with Gasteiger partial charge in [-0.15, -0.1) is 0 Å². The number of anilines is 1. The van der Waals surface area contributed by atoms with E-state index in [4.69, 9.17) is 39.5 Å². The molecule has 0 unspecified atom stereocenters. The van der Waals surface area contributed by atoms with Crippen LogP contribution in [0.5, 0.6) is 5.75 Å². The highest BCUT2D eigenvalue weighted by molar-refractivity contribution is 6.42. The van der Waals surface area contributed by atoms with Crippen LogP contribution in [0.4, 0.5) is 10.5 Å². The highest BCUT2D eigenvalue weighted by Gasteiger charge is 2.22. The number of nitrogens with one attached hydrogen (secondary N) is 1. The quantitative estimate of drug-likeness (QED) is 0.337. The molecule has 4 rings (SSSR count). The molecule has 0 bridgehead atoms. The number of hydrogen-bond acceptors (Lipinski definition) is 3. The lowest BCUT2D eigenvalue weighted by Crippen LogP contribution is -2.35. The Bertz CT molecular complexity index is 1240. The molecule has 1 N–H and O–H groups in total. The van der Waals surface area contributed by atoms with Gasteiger partial charge in [-0.25, -0.2) is 4.79 Å². The Balaban J connectivity index is 1.56. The van der Waals surface area contributed by atoms with Gasteiger partial charge in [-0.1, -0.05) is 85.9 Å². The summed E-state index contributed by atoms with van der Waals surface area (Å²) in [5.41, 5.74) is 5.24. The molecule has 3 aromatic rings. The van der Waals surface area contributed by atoms with Crippen LogP contribution in [0.25, 0.3) is 0 Å². The van der Waals surface area contributed by atoms with Gasteiger partial charge >= 0.3 is 6.09 Å². The van der Waals surface area contributed by atoms with Crippen LogP contribution < -0.4 is 10.1 Å². The Morgan fingerprint density at radius 3 is 2.39 bits per heavy atom. The average Bonchev–Trinajstić information content (AvgIpc) is 2.83. The molecule has 0 saturated carbocycles. The fourth-order valence-electron chi connectivity index (χ4n) is 4.29. The fraction of sp³-hybridized carbons (Fsp3) is 0.345.